The first-order valence-corrected chi connectivity index (χ1v) is 17.7. The molecule has 0 saturated heterocycles. The molecule has 1 heterocycles. The van der Waals surface area contributed by atoms with E-state index < -0.39 is 0 Å². The number of aromatic nitrogens is 1. The summed E-state index contributed by atoms with van der Waals surface area (Å²) in [5.41, 5.74) is 20.4. The maximum absolute atomic E-state index is 2.46. The largest absolute Gasteiger partial charge is 0.314 e. The molecule has 0 N–H and O–H groups in total. The molecule has 0 atom stereocenters. The zero-order valence-corrected chi connectivity index (χ0v) is 30.2. The van der Waals surface area contributed by atoms with Gasteiger partial charge >= 0.3 is 0 Å². The fourth-order valence-corrected chi connectivity index (χ4v) is 7.95. The van der Waals surface area contributed by atoms with Gasteiger partial charge in [0, 0.05) is 39.2 Å². The summed E-state index contributed by atoms with van der Waals surface area (Å²) >= 11 is 0. The Morgan fingerprint density at radius 3 is 1.74 bits per heavy atom. The van der Waals surface area contributed by atoms with Crippen molar-refractivity contribution in [2.75, 3.05) is 4.90 Å². The third kappa shape index (κ3) is 5.10. The average molecular weight is 649 g/mol. The van der Waals surface area contributed by atoms with Crippen molar-refractivity contribution < 1.29 is 0 Å². The van der Waals surface area contributed by atoms with Crippen LogP contribution in [0.25, 0.3) is 38.9 Å². The Morgan fingerprint density at radius 1 is 0.540 bits per heavy atom. The smallest absolute Gasteiger partial charge is 0.0537 e. The second kappa shape index (κ2) is 12.1. The maximum atomic E-state index is 2.46. The van der Waals surface area contributed by atoms with Crippen LogP contribution in [-0.4, -0.2) is 4.57 Å². The van der Waals surface area contributed by atoms with E-state index in [0.717, 1.165) is 17.1 Å². The van der Waals surface area contributed by atoms with E-state index >= 15 is 0 Å². The van der Waals surface area contributed by atoms with Crippen molar-refractivity contribution in [2.24, 2.45) is 0 Å². The first-order chi connectivity index (χ1) is 24.1. The maximum Gasteiger partial charge on any atom is 0.0537 e. The minimum Gasteiger partial charge on any atom is -0.314 e. The van der Waals surface area contributed by atoms with Gasteiger partial charge in [-0.1, -0.05) is 92.2 Å². The predicted molar refractivity (Wildman–Crippen MR) is 214 cm³/mol. The molecule has 0 radical (unpaired) electrons. The van der Waals surface area contributed by atoms with Gasteiger partial charge in [0.15, 0.2) is 0 Å². The van der Waals surface area contributed by atoms with Gasteiger partial charge in [0.25, 0.3) is 0 Å². The third-order valence-electron chi connectivity index (χ3n) is 11.2. The zero-order chi connectivity index (χ0) is 34.7. The molecule has 0 bridgehead atoms. The van der Waals surface area contributed by atoms with Crippen LogP contribution in [0.4, 0.5) is 17.1 Å². The number of allylic oxidation sites excluding steroid dienone is 2. The molecule has 2 heteroatoms. The molecule has 246 valence electrons. The van der Waals surface area contributed by atoms with Crippen molar-refractivity contribution in [2.45, 2.75) is 53.9 Å². The van der Waals surface area contributed by atoms with Crippen molar-refractivity contribution in [3.05, 3.63) is 179 Å². The summed E-state index contributed by atoms with van der Waals surface area (Å²) < 4.78 is 2.43. The lowest BCUT2D eigenvalue weighted by molar-refractivity contribution is 0.660. The van der Waals surface area contributed by atoms with Gasteiger partial charge in [-0.05, 0) is 151 Å². The van der Waals surface area contributed by atoms with Gasteiger partial charge in [0.1, 0.15) is 0 Å². The monoisotopic (exact) mass is 648 g/mol. The van der Waals surface area contributed by atoms with E-state index in [4.69, 9.17) is 0 Å². The molecule has 0 aliphatic heterocycles. The highest BCUT2D eigenvalue weighted by Crippen LogP contribution is 2.51. The minimum atomic E-state index is -0.116. The van der Waals surface area contributed by atoms with Gasteiger partial charge in [-0.3, -0.25) is 0 Å². The first kappa shape index (κ1) is 31.7. The lowest BCUT2D eigenvalue weighted by atomic mass is 9.81. The highest BCUT2D eigenvalue weighted by molar-refractivity contribution is 5.97. The van der Waals surface area contributed by atoms with Gasteiger partial charge in [0.2, 0.25) is 0 Å². The molecule has 50 heavy (non-hydrogen) atoms. The van der Waals surface area contributed by atoms with Crippen LogP contribution in [0.5, 0.6) is 0 Å². The Morgan fingerprint density at radius 2 is 1.08 bits per heavy atom. The standard InChI is InChI=1S/C48H44N2/c1-31-18-23-40(24-19-31)50(39-16-12-9-13-17-39)41-25-20-36(21-26-41)32(2)33(3)37-22-27-42-44-29-43-34(4)35(5)49(38-14-10-8-11-15-38)47(43)30-46(44)48(6,7)45(42)28-37/h8-30H,1-7H3/b33-32+. The summed E-state index contributed by atoms with van der Waals surface area (Å²) in [6, 6.07) is 51.2. The number of rotatable bonds is 6. The number of anilines is 3. The lowest BCUT2D eigenvalue weighted by Gasteiger charge is -2.26. The highest BCUT2D eigenvalue weighted by atomic mass is 15.1. The van der Waals surface area contributed by atoms with Crippen LogP contribution in [0.1, 0.15) is 66.8 Å². The van der Waals surface area contributed by atoms with Crippen LogP contribution in [0.2, 0.25) is 0 Å². The van der Waals surface area contributed by atoms with E-state index in [9.17, 15) is 0 Å². The molecule has 2 nitrogen and oxygen atoms in total. The Kier molecular flexibility index (Phi) is 7.64. The second-order valence-corrected chi connectivity index (χ2v) is 14.5. The predicted octanol–water partition coefficient (Wildman–Crippen LogP) is 13.3. The Hall–Kier alpha value is -5.60. The van der Waals surface area contributed by atoms with Crippen molar-refractivity contribution in [1.29, 1.82) is 0 Å². The van der Waals surface area contributed by atoms with Gasteiger partial charge in [0.05, 0.1) is 5.52 Å². The van der Waals surface area contributed by atoms with Crippen LogP contribution in [-0.2, 0) is 5.41 Å². The van der Waals surface area contributed by atoms with Crippen molar-refractivity contribution in [3.63, 3.8) is 0 Å². The molecule has 1 aliphatic carbocycles. The minimum absolute atomic E-state index is 0.116. The fourth-order valence-electron chi connectivity index (χ4n) is 7.95. The number of para-hydroxylation sites is 2. The van der Waals surface area contributed by atoms with E-state index in [-0.39, 0.29) is 5.41 Å². The summed E-state index contributed by atoms with van der Waals surface area (Å²) in [7, 11) is 0. The highest BCUT2D eigenvalue weighted by Gasteiger charge is 2.36. The van der Waals surface area contributed by atoms with Crippen LogP contribution in [0.15, 0.2) is 140 Å². The summed E-state index contributed by atoms with van der Waals surface area (Å²) in [4.78, 5) is 2.32. The van der Waals surface area contributed by atoms with E-state index in [1.54, 1.807) is 0 Å². The van der Waals surface area contributed by atoms with E-state index in [1.165, 1.54) is 77.9 Å². The molecular formula is C48H44N2. The number of hydrogen-bond donors (Lipinski definition) is 0. The molecule has 7 aromatic rings. The zero-order valence-electron chi connectivity index (χ0n) is 30.2. The van der Waals surface area contributed by atoms with Crippen LogP contribution in [0, 0.1) is 20.8 Å². The molecule has 0 saturated carbocycles. The number of nitrogens with zero attached hydrogens (tertiary/aromatic N) is 2. The number of aryl methyl sites for hydroxylation is 2. The molecule has 1 aliphatic rings. The van der Waals surface area contributed by atoms with E-state index in [2.05, 4.69) is 197 Å². The van der Waals surface area contributed by atoms with Crippen molar-refractivity contribution >= 4 is 39.1 Å². The van der Waals surface area contributed by atoms with Crippen molar-refractivity contribution in [1.82, 2.24) is 4.57 Å². The first-order valence-electron chi connectivity index (χ1n) is 17.7. The molecule has 1 aromatic heterocycles. The number of benzene rings is 6. The lowest BCUT2D eigenvalue weighted by Crippen LogP contribution is -2.15. The third-order valence-corrected chi connectivity index (χ3v) is 11.2. The molecule has 0 unspecified atom stereocenters. The average Bonchev–Trinajstić information content (AvgIpc) is 3.52. The van der Waals surface area contributed by atoms with Crippen LogP contribution >= 0.6 is 0 Å². The molecule has 0 amide bonds. The summed E-state index contributed by atoms with van der Waals surface area (Å²) in [6.07, 6.45) is 0. The normalized spacial score (nSPS) is 13.6. The Labute approximate surface area is 297 Å². The van der Waals surface area contributed by atoms with E-state index in [1.807, 2.05) is 0 Å². The fraction of sp³-hybridized carbons (Fsp3) is 0.167. The van der Waals surface area contributed by atoms with Crippen LogP contribution in [0.3, 0.4) is 0 Å². The molecule has 0 fully saturated rings. The summed E-state index contributed by atoms with van der Waals surface area (Å²) in [5, 5.41) is 1.33. The second-order valence-electron chi connectivity index (χ2n) is 14.5. The number of hydrogen-bond acceptors (Lipinski definition) is 1. The Bertz CT molecular complexity index is 2410. The SMILES string of the molecule is C/C(=C(/C)c1ccc2c(c1)C(C)(C)c1cc3c(cc1-2)c(C)c(C)n3-c1ccccc1)c1ccc(N(c2ccccc2)c2ccc(C)cc2)cc1. The quantitative estimate of drug-likeness (QED) is 0.163. The molecule has 8 rings (SSSR count). The van der Waals surface area contributed by atoms with Gasteiger partial charge < -0.3 is 9.47 Å². The van der Waals surface area contributed by atoms with Gasteiger partial charge in [-0.25, -0.2) is 0 Å². The summed E-state index contributed by atoms with van der Waals surface area (Å²) in [6.45, 7) is 15.9. The van der Waals surface area contributed by atoms with Crippen LogP contribution < -0.4 is 4.90 Å². The topological polar surface area (TPSA) is 8.17 Å². The number of fused-ring (bicyclic) bond motifs is 4. The Balaban J connectivity index is 1.15. The summed E-state index contributed by atoms with van der Waals surface area (Å²) in [5.74, 6) is 0. The molecular weight excluding hydrogens is 605 g/mol. The molecule has 6 aromatic carbocycles. The molecule has 0 spiro atoms. The van der Waals surface area contributed by atoms with E-state index in [0.29, 0.717) is 0 Å². The van der Waals surface area contributed by atoms with Crippen molar-refractivity contribution in [3.8, 4) is 16.8 Å². The van der Waals surface area contributed by atoms with Gasteiger partial charge in [-0.2, -0.15) is 0 Å². The van der Waals surface area contributed by atoms with Gasteiger partial charge in [-0.15, -0.1) is 0 Å².